The average molecular weight is 330 g/mol. The molecule has 8 nitrogen and oxygen atoms in total. The van der Waals surface area contributed by atoms with Gasteiger partial charge in [0.05, 0.1) is 30.3 Å². The molecule has 8 heteroatoms. The van der Waals surface area contributed by atoms with E-state index in [2.05, 4.69) is 10.1 Å². The Kier molecular flexibility index (Phi) is 5.10. The summed E-state index contributed by atoms with van der Waals surface area (Å²) in [6.45, 7) is 0. The van der Waals surface area contributed by atoms with Crippen molar-refractivity contribution in [2.45, 2.75) is 0 Å². The van der Waals surface area contributed by atoms with Crippen molar-refractivity contribution in [3.63, 3.8) is 0 Å². The average Bonchev–Trinajstić information content (AvgIpc) is 2.60. The van der Waals surface area contributed by atoms with Crippen LogP contribution in [0, 0.1) is 10.1 Å². The van der Waals surface area contributed by atoms with Gasteiger partial charge in [0.15, 0.2) is 5.75 Å². The van der Waals surface area contributed by atoms with Crippen LogP contribution < -0.4 is 10.1 Å². The number of hydrogen-bond donors (Lipinski definition) is 1. The molecule has 0 fully saturated rings. The van der Waals surface area contributed by atoms with Gasteiger partial charge in [-0.25, -0.2) is 4.79 Å². The lowest BCUT2D eigenvalue weighted by molar-refractivity contribution is -0.385. The largest absolute Gasteiger partial charge is 0.490 e. The Hall–Kier alpha value is -3.42. The van der Waals surface area contributed by atoms with Gasteiger partial charge < -0.3 is 14.8 Å². The molecule has 0 heterocycles. The Balaban J connectivity index is 2.33. The van der Waals surface area contributed by atoms with E-state index in [0.717, 1.165) is 0 Å². The van der Waals surface area contributed by atoms with Crippen LogP contribution in [0.5, 0.6) is 5.75 Å². The van der Waals surface area contributed by atoms with E-state index in [-0.39, 0.29) is 28.3 Å². The van der Waals surface area contributed by atoms with Crippen LogP contribution in [-0.4, -0.2) is 31.0 Å². The predicted molar refractivity (Wildman–Crippen MR) is 85.4 cm³/mol. The van der Waals surface area contributed by atoms with Crippen molar-refractivity contribution in [3.05, 3.63) is 63.7 Å². The number of methoxy groups -OCH3 is 2. The van der Waals surface area contributed by atoms with Gasteiger partial charge in [-0.05, 0) is 24.3 Å². The number of benzene rings is 2. The molecule has 1 amide bonds. The second-order valence-corrected chi connectivity index (χ2v) is 4.64. The first kappa shape index (κ1) is 16.9. The first-order chi connectivity index (χ1) is 11.5. The first-order valence-corrected chi connectivity index (χ1v) is 6.79. The Morgan fingerprint density at radius 2 is 1.75 bits per heavy atom. The molecule has 24 heavy (non-hydrogen) atoms. The molecule has 2 aromatic rings. The second-order valence-electron chi connectivity index (χ2n) is 4.64. The lowest BCUT2D eigenvalue weighted by Gasteiger charge is -2.09. The molecule has 0 unspecified atom stereocenters. The molecule has 0 aliphatic rings. The zero-order chi connectivity index (χ0) is 17.7. The van der Waals surface area contributed by atoms with Crippen LogP contribution >= 0.6 is 0 Å². The van der Waals surface area contributed by atoms with Gasteiger partial charge in [0, 0.05) is 11.8 Å². The second kappa shape index (κ2) is 7.23. The Morgan fingerprint density at radius 3 is 2.33 bits per heavy atom. The summed E-state index contributed by atoms with van der Waals surface area (Å²) >= 11 is 0. The van der Waals surface area contributed by atoms with E-state index in [1.807, 2.05) is 0 Å². The number of rotatable bonds is 5. The number of anilines is 1. The monoisotopic (exact) mass is 330 g/mol. The standard InChI is InChI=1S/C16H14N2O6/c1-23-14-8-7-10(9-13(14)18(21)22)17-15(19)11-5-3-4-6-12(11)16(20)24-2/h3-9H,1-2H3,(H,17,19). The van der Waals surface area contributed by atoms with Crippen LogP contribution in [0.25, 0.3) is 0 Å². The van der Waals surface area contributed by atoms with Crippen molar-refractivity contribution in [2.24, 2.45) is 0 Å². The minimum absolute atomic E-state index is 0.0768. The summed E-state index contributed by atoms with van der Waals surface area (Å²) in [7, 11) is 2.52. The van der Waals surface area contributed by atoms with Gasteiger partial charge in [-0.3, -0.25) is 14.9 Å². The van der Waals surface area contributed by atoms with E-state index >= 15 is 0 Å². The van der Waals surface area contributed by atoms with Crippen molar-refractivity contribution < 1.29 is 24.0 Å². The van der Waals surface area contributed by atoms with Crippen molar-refractivity contribution in [1.82, 2.24) is 0 Å². The van der Waals surface area contributed by atoms with E-state index in [9.17, 15) is 19.7 Å². The molecule has 2 rings (SSSR count). The van der Waals surface area contributed by atoms with Crippen molar-refractivity contribution >= 4 is 23.3 Å². The molecule has 0 saturated heterocycles. The molecule has 0 aliphatic heterocycles. The minimum Gasteiger partial charge on any atom is -0.490 e. The topological polar surface area (TPSA) is 108 Å². The van der Waals surface area contributed by atoms with Gasteiger partial charge in [-0.1, -0.05) is 12.1 Å². The van der Waals surface area contributed by atoms with Crippen molar-refractivity contribution in [2.75, 3.05) is 19.5 Å². The molecule has 0 bridgehead atoms. The summed E-state index contributed by atoms with van der Waals surface area (Å²) in [4.78, 5) is 34.5. The summed E-state index contributed by atoms with van der Waals surface area (Å²) in [6, 6.07) is 10.1. The van der Waals surface area contributed by atoms with Gasteiger partial charge >= 0.3 is 11.7 Å². The number of hydrogen-bond acceptors (Lipinski definition) is 6. The molecular formula is C16H14N2O6. The normalized spacial score (nSPS) is 9.92. The number of esters is 1. The third-order valence-electron chi connectivity index (χ3n) is 3.21. The summed E-state index contributed by atoms with van der Waals surface area (Å²) in [6.07, 6.45) is 0. The van der Waals surface area contributed by atoms with Crippen LogP contribution in [0.1, 0.15) is 20.7 Å². The minimum atomic E-state index is -0.651. The number of amides is 1. The maximum atomic E-state index is 12.4. The van der Waals surface area contributed by atoms with E-state index in [0.29, 0.717) is 0 Å². The third-order valence-corrected chi connectivity index (χ3v) is 3.21. The maximum absolute atomic E-state index is 12.4. The molecule has 0 aromatic heterocycles. The first-order valence-electron chi connectivity index (χ1n) is 6.79. The van der Waals surface area contributed by atoms with Gasteiger partial charge in [0.2, 0.25) is 0 Å². The van der Waals surface area contributed by atoms with Crippen LogP contribution in [0.4, 0.5) is 11.4 Å². The number of carbonyl (C=O) groups excluding carboxylic acids is 2. The highest BCUT2D eigenvalue weighted by atomic mass is 16.6. The lowest BCUT2D eigenvalue weighted by atomic mass is 10.1. The van der Waals surface area contributed by atoms with E-state index in [1.54, 1.807) is 12.1 Å². The van der Waals surface area contributed by atoms with Gasteiger partial charge in [-0.2, -0.15) is 0 Å². The fraction of sp³-hybridized carbons (Fsp3) is 0.125. The van der Waals surface area contributed by atoms with E-state index in [4.69, 9.17) is 4.74 Å². The SMILES string of the molecule is COC(=O)c1ccccc1C(=O)Nc1ccc(OC)c([N+](=O)[O-])c1. The van der Waals surface area contributed by atoms with Crippen molar-refractivity contribution in [1.29, 1.82) is 0 Å². The van der Waals surface area contributed by atoms with Crippen molar-refractivity contribution in [3.8, 4) is 5.75 Å². The molecule has 0 spiro atoms. The molecule has 0 atom stereocenters. The summed E-state index contributed by atoms with van der Waals surface area (Å²) in [5, 5.41) is 13.5. The van der Waals surface area contributed by atoms with Gasteiger partial charge in [-0.15, -0.1) is 0 Å². The highest BCUT2D eigenvalue weighted by Gasteiger charge is 2.19. The number of nitro groups is 1. The highest BCUT2D eigenvalue weighted by molar-refractivity contribution is 6.11. The molecular weight excluding hydrogens is 316 g/mol. The van der Waals surface area contributed by atoms with Crippen LogP contribution in [0.15, 0.2) is 42.5 Å². The van der Waals surface area contributed by atoms with Gasteiger partial charge in [0.25, 0.3) is 5.91 Å². The number of nitro benzene ring substituents is 1. The zero-order valence-corrected chi connectivity index (χ0v) is 12.9. The van der Waals surface area contributed by atoms with Gasteiger partial charge in [0.1, 0.15) is 0 Å². The zero-order valence-electron chi connectivity index (χ0n) is 12.9. The molecule has 124 valence electrons. The third kappa shape index (κ3) is 3.49. The number of nitrogens with zero attached hydrogens (tertiary/aromatic N) is 1. The van der Waals surface area contributed by atoms with E-state index in [1.165, 1.54) is 44.6 Å². The summed E-state index contributed by atoms with van der Waals surface area (Å²) in [5.74, 6) is -1.16. The molecule has 0 aliphatic carbocycles. The fourth-order valence-corrected chi connectivity index (χ4v) is 2.08. The number of ether oxygens (including phenoxy) is 2. The summed E-state index contributed by atoms with van der Waals surface area (Å²) in [5.41, 5.74) is 0.118. The fourth-order valence-electron chi connectivity index (χ4n) is 2.08. The quantitative estimate of drug-likeness (QED) is 0.513. The Bertz CT molecular complexity index is 803. The number of carbonyl (C=O) groups is 2. The highest BCUT2D eigenvalue weighted by Crippen LogP contribution is 2.30. The maximum Gasteiger partial charge on any atom is 0.338 e. The molecule has 1 N–H and O–H groups in total. The van der Waals surface area contributed by atoms with Crippen LogP contribution in [0.3, 0.4) is 0 Å². The smallest absolute Gasteiger partial charge is 0.338 e. The molecule has 0 saturated carbocycles. The lowest BCUT2D eigenvalue weighted by Crippen LogP contribution is -2.17. The molecule has 2 aromatic carbocycles. The predicted octanol–water partition coefficient (Wildman–Crippen LogP) is 2.64. The van der Waals surface area contributed by atoms with Crippen LogP contribution in [0.2, 0.25) is 0 Å². The number of nitrogens with one attached hydrogen (secondary N) is 1. The summed E-state index contributed by atoms with van der Waals surface area (Å²) < 4.78 is 9.53. The Labute approximate surface area is 137 Å². The molecule has 0 radical (unpaired) electrons. The van der Waals surface area contributed by atoms with E-state index < -0.39 is 16.8 Å². The Morgan fingerprint density at radius 1 is 1.08 bits per heavy atom. The van der Waals surface area contributed by atoms with Crippen LogP contribution in [-0.2, 0) is 4.74 Å².